The Morgan fingerprint density at radius 1 is 1.30 bits per heavy atom. The van der Waals surface area contributed by atoms with E-state index in [-0.39, 0.29) is 0 Å². The Morgan fingerprint density at radius 2 is 2.00 bits per heavy atom. The number of aromatic nitrogens is 1. The first-order valence-electron chi connectivity index (χ1n) is 5.53. The summed E-state index contributed by atoms with van der Waals surface area (Å²) >= 11 is 0. The van der Waals surface area contributed by atoms with Crippen LogP contribution in [0.25, 0.3) is 10.9 Å². The Morgan fingerprint density at radius 3 is 2.60 bits per heavy atom. The van der Waals surface area contributed by atoms with Gasteiger partial charge in [0.1, 0.15) is 0 Å². The van der Waals surface area contributed by atoms with Crippen LogP contribution in [0.15, 0.2) is 36.5 Å². The number of nitrogens with zero attached hydrogens (tertiary/aromatic N) is 1. The van der Waals surface area contributed by atoms with Crippen molar-refractivity contribution in [2.45, 2.75) is 11.8 Å². The third kappa shape index (κ3) is 2.09. The zero-order valence-electron chi connectivity index (χ0n) is 10.3. The molecule has 0 unspecified atom stereocenters. The molecular formula is C13H10F3NO3. The highest BCUT2D eigenvalue weighted by atomic mass is 19.4. The molecule has 0 saturated carbocycles. The van der Waals surface area contributed by atoms with Crippen LogP contribution in [-0.4, -0.2) is 29.3 Å². The number of benzene rings is 1. The van der Waals surface area contributed by atoms with E-state index in [0.717, 1.165) is 19.2 Å². The van der Waals surface area contributed by atoms with Crippen molar-refractivity contribution in [1.29, 1.82) is 0 Å². The number of rotatable bonds is 2. The van der Waals surface area contributed by atoms with Gasteiger partial charge in [0.05, 0.1) is 12.6 Å². The largest absolute Gasteiger partial charge is 0.466 e. The number of hydrogen-bond acceptors (Lipinski definition) is 4. The fraction of sp³-hybridized carbons (Fsp3) is 0.231. The summed E-state index contributed by atoms with van der Waals surface area (Å²) < 4.78 is 43.3. The normalized spacial score (nSPS) is 14.8. The van der Waals surface area contributed by atoms with Crippen LogP contribution in [0, 0.1) is 0 Å². The molecule has 1 N–H and O–H groups in total. The van der Waals surface area contributed by atoms with Gasteiger partial charge in [0.15, 0.2) is 0 Å². The monoisotopic (exact) mass is 285 g/mol. The molecular weight excluding hydrogens is 275 g/mol. The lowest BCUT2D eigenvalue weighted by molar-refractivity contribution is -0.266. The number of halogens is 3. The molecule has 0 spiro atoms. The fourth-order valence-corrected chi connectivity index (χ4v) is 1.85. The summed E-state index contributed by atoms with van der Waals surface area (Å²) in [7, 11) is 0.779. The molecule has 0 bridgehead atoms. The van der Waals surface area contributed by atoms with Crippen molar-refractivity contribution in [2.75, 3.05) is 7.11 Å². The molecule has 106 valence electrons. The second-order valence-electron chi connectivity index (χ2n) is 4.11. The SMILES string of the molecule is COC(=O)[C@](O)(c1ccc2ncccc2c1)C(F)(F)F. The van der Waals surface area contributed by atoms with Crippen LogP contribution in [0.3, 0.4) is 0 Å². The summed E-state index contributed by atoms with van der Waals surface area (Å²) in [6.07, 6.45) is -3.71. The zero-order valence-corrected chi connectivity index (χ0v) is 10.3. The predicted octanol–water partition coefficient (Wildman–Crippen LogP) is 2.16. The van der Waals surface area contributed by atoms with E-state index in [0.29, 0.717) is 10.9 Å². The molecule has 0 aliphatic rings. The van der Waals surface area contributed by atoms with Crippen molar-refractivity contribution in [2.24, 2.45) is 0 Å². The van der Waals surface area contributed by atoms with Gasteiger partial charge in [-0.05, 0) is 18.2 Å². The van der Waals surface area contributed by atoms with Gasteiger partial charge in [-0.15, -0.1) is 0 Å². The van der Waals surface area contributed by atoms with Crippen LogP contribution in [0.1, 0.15) is 5.56 Å². The molecule has 0 aliphatic heterocycles. The van der Waals surface area contributed by atoms with E-state index >= 15 is 0 Å². The minimum absolute atomic E-state index is 0.372. The molecule has 20 heavy (non-hydrogen) atoms. The van der Waals surface area contributed by atoms with Crippen LogP contribution in [-0.2, 0) is 15.1 Å². The van der Waals surface area contributed by atoms with E-state index in [1.165, 1.54) is 24.4 Å². The van der Waals surface area contributed by atoms with Crippen LogP contribution in [0.2, 0.25) is 0 Å². The smallest absolute Gasteiger partial charge is 0.432 e. The molecule has 7 heteroatoms. The number of fused-ring (bicyclic) bond motifs is 1. The Balaban J connectivity index is 2.66. The van der Waals surface area contributed by atoms with Crippen molar-refractivity contribution >= 4 is 16.9 Å². The summed E-state index contributed by atoms with van der Waals surface area (Å²) in [5.41, 5.74) is -3.87. The third-order valence-corrected chi connectivity index (χ3v) is 2.91. The van der Waals surface area contributed by atoms with Crippen LogP contribution in [0.4, 0.5) is 13.2 Å². The standard InChI is InChI=1S/C13H10F3NO3/c1-20-11(18)12(19,13(14,15)16)9-4-5-10-8(7-9)3-2-6-17-10/h2-7,19H,1H3/t12-/m1/s1. The Kier molecular flexibility index (Phi) is 3.39. The molecule has 2 aromatic rings. The maximum Gasteiger partial charge on any atom is 0.432 e. The second-order valence-corrected chi connectivity index (χ2v) is 4.11. The van der Waals surface area contributed by atoms with E-state index in [2.05, 4.69) is 9.72 Å². The number of alkyl halides is 3. The number of ether oxygens (including phenoxy) is 1. The molecule has 4 nitrogen and oxygen atoms in total. The Labute approximate surface area is 111 Å². The lowest BCUT2D eigenvalue weighted by atomic mass is 9.92. The van der Waals surface area contributed by atoms with Gasteiger partial charge in [0.2, 0.25) is 0 Å². The molecule has 0 saturated heterocycles. The molecule has 1 aromatic heterocycles. The number of aliphatic hydroxyl groups is 1. The molecule has 1 heterocycles. The first kappa shape index (κ1) is 14.3. The Bertz CT molecular complexity index is 657. The van der Waals surface area contributed by atoms with Crippen molar-refractivity contribution in [3.05, 3.63) is 42.1 Å². The number of esters is 1. The van der Waals surface area contributed by atoms with Crippen molar-refractivity contribution in [1.82, 2.24) is 4.98 Å². The Hall–Kier alpha value is -2.15. The topological polar surface area (TPSA) is 59.4 Å². The summed E-state index contributed by atoms with van der Waals surface area (Å²) in [6, 6.07) is 6.42. The fourth-order valence-electron chi connectivity index (χ4n) is 1.85. The van der Waals surface area contributed by atoms with Crippen molar-refractivity contribution in [3.63, 3.8) is 0 Å². The van der Waals surface area contributed by atoms with Gasteiger partial charge in [-0.3, -0.25) is 4.98 Å². The molecule has 0 aliphatic carbocycles. The minimum atomic E-state index is -5.20. The molecule has 0 amide bonds. The van der Waals surface area contributed by atoms with Gasteiger partial charge in [0, 0.05) is 17.1 Å². The van der Waals surface area contributed by atoms with E-state index in [4.69, 9.17) is 0 Å². The number of methoxy groups -OCH3 is 1. The first-order chi connectivity index (χ1) is 9.30. The lowest BCUT2D eigenvalue weighted by Crippen LogP contribution is -2.49. The minimum Gasteiger partial charge on any atom is -0.466 e. The van der Waals surface area contributed by atoms with Crippen molar-refractivity contribution < 1.29 is 27.8 Å². The molecule has 0 fully saturated rings. The van der Waals surface area contributed by atoms with Crippen LogP contribution < -0.4 is 0 Å². The van der Waals surface area contributed by atoms with Crippen LogP contribution in [0.5, 0.6) is 0 Å². The molecule has 0 radical (unpaired) electrons. The predicted molar refractivity (Wildman–Crippen MR) is 63.7 cm³/mol. The zero-order chi connectivity index (χ0) is 15.0. The summed E-state index contributed by atoms with van der Waals surface area (Å²) in [4.78, 5) is 15.4. The maximum atomic E-state index is 13.1. The lowest BCUT2D eigenvalue weighted by Gasteiger charge is -2.28. The average molecular weight is 285 g/mol. The van der Waals surface area contributed by atoms with E-state index in [1.807, 2.05) is 0 Å². The number of pyridine rings is 1. The van der Waals surface area contributed by atoms with Gasteiger partial charge in [-0.25, -0.2) is 4.79 Å². The average Bonchev–Trinajstić information content (AvgIpc) is 2.43. The molecule has 1 atom stereocenters. The van der Waals surface area contributed by atoms with Gasteiger partial charge in [0.25, 0.3) is 5.60 Å². The number of carbonyl (C=O) groups excluding carboxylic acids is 1. The van der Waals surface area contributed by atoms with E-state index in [9.17, 15) is 23.1 Å². The van der Waals surface area contributed by atoms with Gasteiger partial charge in [-0.1, -0.05) is 12.1 Å². The summed E-state index contributed by atoms with van der Waals surface area (Å²) in [6.45, 7) is 0. The quantitative estimate of drug-likeness (QED) is 0.859. The summed E-state index contributed by atoms with van der Waals surface area (Å²) in [5.74, 6) is -1.78. The summed E-state index contributed by atoms with van der Waals surface area (Å²) in [5, 5.41) is 10.2. The highest BCUT2D eigenvalue weighted by Crippen LogP contribution is 2.40. The number of hydrogen-bond donors (Lipinski definition) is 1. The molecule has 1 aromatic carbocycles. The third-order valence-electron chi connectivity index (χ3n) is 2.91. The second kappa shape index (κ2) is 4.75. The van der Waals surface area contributed by atoms with Gasteiger partial charge in [-0.2, -0.15) is 13.2 Å². The highest BCUT2D eigenvalue weighted by Gasteiger charge is 2.62. The van der Waals surface area contributed by atoms with Crippen LogP contribution >= 0.6 is 0 Å². The number of carbonyl (C=O) groups is 1. The van der Waals surface area contributed by atoms with E-state index < -0.39 is 23.3 Å². The molecule has 2 rings (SSSR count). The van der Waals surface area contributed by atoms with Gasteiger partial charge >= 0.3 is 12.1 Å². The van der Waals surface area contributed by atoms with E-state index in [1.54, 1.807) is 0 Å². The first-order valence-corrected chi connectivity index (χ1v) is 5.53. The van der Waals surface area contributed by atoms with Crippen molar-refractivity contribution in [3.8, 4) is 0 Å². The maximum absolute atomic E-state index is 13.1. The van der Waals surface area contributed by atoms with Gasteiger partial charge < -0.3 is 9.84 Å². The highest BCUT2D eigenvalue weighted by molar-refractivity contribution is 5.86.